The molecule has 0 amide bonds. The van der Waals surface area contributed by atoms with Gasteiger partial charge in [-0.15, -0.1) is 0 Å². The highest BCUT2D eigenvalue weighted by Gasteiger charge is 2.20. The van der Waals surface area contributed by atoms with Gasteiger partial charge < -0.3 is 24.2 Å². The number of aromatic nitrogens is 3. The summed E-state index contributed by atoms with van der Waals surface area (Å²) in [6, 6.07) is 10.9. The van der Waals surface area contributed by atoms with E-state index in [9.17, 15) is 4.79 Å². The second-order valence-corrected chi connectivity index (χ2v) is 6.09. The van der Waals surface area contributed by atoms with Crippen LogP contribution < -0.4 is 14.2 Å². The molecule has 4 rings (SSSR count). The third kappa shape index (κ3) is 2.96. The number of hydrogen-bond donors (Lipinski definition) is 2. The van der Waals surface area contributed by atoms with E-state index in [0.717, 1.165) is 16.5 Å². The molecule has 0 bridgehead atoms. The first kappa shape index (κ1) is 17.7. The van der Waals surface area contributed by atoms with E-state index in [4.69, 9.17) is 14.2 Å². The van der Waals surface area contributed by atoms with Crippen molar-refractivity contribution in [2.24, 2.45) is 0 Å². The summed E-state index contributed by atoms with van der Waals surface area (Å²) in [7, 11) is 4.53. The van der Waals surface area contributed by atoms with E-state index in [-0.39, 0.29) is 5.78 Å². The summed E-state index contributed by atoms with van der Waals surface area (Å²) in [6.07, 6.45) is 4.54. The number of fused-ring (bicyclic) bond motifs is 1. The zero-order valence-electron chi connectivity index (χ0n) is 15.6. The maximum Gasteiger partial charge on any atom is 0.213 e. The molecule has 2 aromatic heterocycles. The number of benzene rings is 2. The van der Waals surface area contributed by atoms with E-state index < -0.39 is 0 Å². The number of carbonyl (C=O) groups excluding carboxylic acids is 1. The smallest absolute Gasteiger partial charge is 0.213 e. The van der Waals surface area contributed by atoms with Crippen LogP contribution in [0.2, 0.25) is 0 Å². The van der Waals surface area contributed by atoms with Gasteiger partial charge in [0.15, 0.2) is 11.5 Å². The Kier molecular flexibility index (Phi) is 4.49. The van der Waals surface area contributed by atoms with Crippen molar-refractivity contribution in [2.75, 3.05) is 21.3 Å². The zero-order chi connectivity index (χ0) is 19.7. The number of ether oxygens (including phenoxy) is 3. The molecule has 4 aromatic rings. The SMILES string of the molecule is COc1cc(C(=O)c2c[nH]c(-c3ccc4[nH][c]cc4c3)n2)cc(OC)c1OC. The fourth-order valence-electron chi connectivity index (χ4n) is 3.08. The number of imidazole rings is 1. The van der Waals surface area contributed by atoms with Gasteiger partial charge in [0.05, 0.1) is 27.5 Å². The van der Waals surface area contributed by atoms with Gasteiger partial charge in [0.1, 0.15) is 11.5 Å². The van der Waals surface area contributed by atoms with Crippen molar-refractivity contribution in [3.05, 3.63) is 60.0 Å². The molecule has 0 aliphatic carbocycles. The molecular formula is C21H18N3O4. The van der Waals surface area contributed by atoms with Crippen LogP contribution in [0.3, 0.4) is 0 Å². The Hall–Kier alpha value is -3.74. The largest absolute Gasteiger partial charge is 0.493 e. The topological polar surface area (TPSA) is 89.2 Å². The van der Waals surface area contributed by atoms with Crippen LogP contribution in [0.1, 0.15) is 16.1 Å². The van der Waals surface area contributed by atoms with Crippen molar-refractivity contribution in [3.8, 4) is 28.6 Å². The molecule has 0 aliphatic rings. The average molecular weight is 376 g/mol. The van der Waals surface area contributed by atoms with Crippen LogP contribution in [0.15, 0.2) is 42.6 Å². The molecule has 0 fully saturated rings. The molecule has 1 radical (unpaired) electrons. The highest BCUT2D eigenvalue weighted by molar-refractivity contribution is 6.08. The number of carbonyl (C=O) groups is 1. The van der Waals surface area contributed by atoms with Crippen molar-refractivity contribution < 1.29 is 19.0 Å². The highest BCUT2D eigenvalue weighted by Crippen LogP contribution is 2.38. The fraction of sp³-hybridized carbons (Fsp3) is 0.143. The van der Waals surface area contributed by atoms with Crippen molar-refractivity contribution in [1.82, 2.24) is 15.0 Å². The van der Waals surface area contributed by atoms with E-state index in [0.29, 0.717) is 34.3 Å². The number of ketones is 1. The Morgan fingerprint density at radius 3 is 2.46 bits per heavy atom. The van der Waals surface area contributed by atoms with Crippen LogP contribution >= 0.6 is 0 Å². The van der Waals surface area contributed by atoms with Crippen LogP contribution in [0.5, 0.6) is 17.2 Å². The molecule has 0 aliphatic heterocycles. The quantitative estimate of drug-likeness (QED) is 0.502. The van der Waals surface area contributed by atoms with Gasteiger partial charge in [-0.3, -0.25) is 4.79 Å². The summed E-state index contributed by atoms with van der Waals surface area (Å²) in [5, 5.41) is 1.02. The second kappa shape index (κ2) is 7.11. The molecule has 7 heteroatoms. The Balaban J connectivity index is 1.69. The lowest BCUT2D eigenvalue weighted by atomic mass is 10.1. The highest BCUT2D eigenvalue weighted by atomic mass is 16.5. The maximum absolute atomic E-state index is 13.0. The third-order valence-electron chi connectivity index (χ3n) is 4.50. The first-order valence-electron chi connectivity index (χ1n) is 8.54. The summed E-state index contributed by atoms with van der Waals surface area (Å²) in [6.45, 7) is 0. The van der Waals surface area contributed by atoms with Gasteiger partial charge in [-0.2, -0.15) is 0 Å². The van der Waals surface area contributed by atoms with Crippen molar-refractivity contribution >= 4 is 16.7 Å². The van der Waals surface area contributed by atoms with Gasteiger partial charge in [0.25, 0.3) is 0 Å². The van der Waals surface area contributed by atoms with Crippen molar-refractivity contribution in [1.29, 1.82) is 0 Å². The van der Waals surface area contributed by atoms with Gasteiger partial charge >= 0.3 is 0 Å². The summed E-state index contributed by atoms with van der Waals surface area (Å²) < 4.78 is 15.9. The fourth-order valence-corrected chi connectivity index (χ4v) is 3.08. The number of hydrogen-bond acceptors (Lipinski definition) is 5. The summed E-state index contributed by atoms with van der Waals surface area (Å²) >= 11 is 0. The first-order valence-corrected chi connectivity index (χ1v) is 8.54. The molecule has 0 saturated carbocycles. The van der Waals surface area contributed by atoms with Crippen LogP contribution in [0.25, 0.3) is 22.3 Å². The molecule has 2 N–H and O–H groups in total. The Bertz CT molecular complexity index is 1130. The summed E-state index contributed by atoms with van der Waals surface area (Å²) in [4.78, 5) is 23.5. The molecule has 2 aromatic carbocycles. The van der Waals surface area contributed by atoms with E-state index in [1.54, 1.807) is 18.3 Å². The molecule has 7 nitrogen and oxygen atoms in total. The predicted octanol–water partition coefficient (Wildman–Crippen LogP) is 3.61. The average Bonchev–Trinajstić information content (AvgIpc) is 3.40. The monoisotopic (exact) mass is 376 g/mol. The minimum atomic E-state index is -0.252. The van der Waals surface area contributed by atoms with E-state index >= 15 is 0 Å². The first-order chi connectivity index (χ1) is 13.6. The number of H-pyrrole nitrogens is 2. The molecule has 0 saturated heterocycles. The molecule has 0 unspecified atom stereocenters. The molecule has 141 valence electrons. The van der Waals surface area contributed by atoms with Crippen molar-refractivity contribution in [2.45, 2.75) is 0 Å². The van der Waals surface area contributed by atoms with Crippen LogP contribution in [-0.2, 0) is 0 Å². The van der Waals surface area contributed by atoms with Crippen LogP contribution in [0, 0.1) is 6.20 Å². The normalized spacial score (nSPS) is 10.8. The molecule has 2 heterocycles. The number of nitrogens with zero attached hydrogens (tertiary/aromatic N) is 1. The second-order valence-electron chi connectivity index (χ2n) is 6.09. The lowest BCUT2D eigenvalue weighted by Crippen LogP contribution is -2.04. The van der Waals surface area contributed by atoms with E-state index in [1.165, 1.54) is 21.3 Å². The van der Waals surface area contributed by atoms with E-state index in [2.05, 4.69) is 21.1 Å². The number of aromatic amines is 2. The van der Waals surface area contributed by atoms with Crippen LogP contribution in [0.4, 0.5) is 0 Å². The van der Waals surface area contributed by atoms with Gasteiger partial charge in [-0.05, 0) is 36.4 Å². The summed E-state index contributed by atoms with van der Waals surface area (Å²) in [5.74, 6) is 1.61. The maximum atomic E-state index is 13.0. The summed E-state index contributed by atoms with van der Waals surface area (Å²) in [5.41, 5.74) is 2.56. The van der Waals surface area contributed by atoms with Gasteiger partial charge in [-0.25, -0.2) is 4.98 Å². The van der Waals surface area contributed by atoms with Gasteiger partial charge in [-0.1, -0.05) is 0 Å². The van der Waals surface area contributed by atoms with Gasteiger partial charge in [0.2, 0.25) is 11.5 Å². The molecule has 28 heavy (non-hydrogen) atoms. The predicted molar refractivity (Wildman–Crippen MR) is 104 cm³/mol. The molecule has 0 spiro atoms. The number of methoxy groups -OCH3 is 3. The molecular weight excluding hydrogens is 358 g/mol. The number of rotatable bonds is 6. The van der Waals surface area contributed by atoms with Crippen molar-refractivity contribution in [3.63, 3.8) is 0 Å². The lowest BCUT2D eigenvalue weighted by Gasteiger charge is -2.13. The Labute approximate surface area is 161 Å². The van der Waals surface area contributed by atoms with Gasteiger partial charge in [0, 0.05) is 28.2 Å². The Morgan fingerprint density at radius 2 is 1.79 bits per heavy atom. The van der Waals surface area contributed by atoms with Crippen LogP contribution in [-0.4, -0.2) is 42.1 Å². The van der Waals surface area contributed by atoms with E-state index in [1.807, 2.05) is 24.3 Å². The Morgan fingerprint density at radius 1 is 1.04 bits per heavy atom. The minimum absolute atomic E-state index is 0.252. The minimum Gasteiger partial charge on any atom is -0.493 e. The zero-order valence-corrected chi connectivity index (χ0v) is 15.6. The standard InChI is InChI=1S/C21H18N3O4/c1-26-17-9-14(10-18(27-2)20(17)28-3)19(25)16-11-23-21(24-16)13-4-5-15-12(8-13)6-7-22-15/h4-6,8-11,22H,1-3H3,(H,23,24). The lowest BCUT2D eigenvalue weighted by molar-refractivity contribution is 0.103. The number of nitrogens with one attached hydrogen (secondary N) is 2. The third-order valence-corrected chi connectivity index (χ3v) is 4.50. The molecule has 0 atom stereocenters.